The number of nitrogens with one attached hydrogen (secondary N) is 1. The number of carbonyl (C=O) groups is 1. The predicted octanol–water partition coefficient (Wildman–Crippen LogP) is 3.13. The predicted molar refractivity (Wildman–Crippen MR) is 77.2 cm³/mol. The molecule has 7 heteroatoms. The molecule has 0 bridgehead atoms. The molecule has 2 rings (SSSR count). The Kier molecular flexibility index (Phi) is 4.98. The lowest BCUT2D eigenvalue weighted by molar-refractivity contribution is -0.113. The molecule has 0 aliphatic carbocycles. The number of rotatable bonds is 5. The van der Waals surface area contributed by atoms with Crippen LogP contribution in [0.5, 0.6) is 0 Å². The van der Waals surface area contributed by atoms with Gasteiger partial charge in [-0.15, -0.1) is 10.2 Å². The maximum Gasteiger partial charge on any atom is 0.277 e. The van der Waals surface area contributed by atoms with Gasteiger partial charge in [-0.1, -0.05) is 30.8 Å². The average molecular weight is 342 g/mol. The summed E-state index contributed by atoms with van der Waals surface area (Å²) in [6, 6.07) is 7.45. The monoisotopic (exact) mass is 341 g/mol. The number of amides is 1. The summed E-state index contributed by atoms with van der Waals surface area (Å²) >= 11 is 4.59. The van der Waals surface area contributed by atoms with Gasteiger partial charge in [-0.05, 0) is 28.1 Å². The molecule has 0 unspecified atom stereocenters. The molecule has 1 heterocycles. The van der Waals surface area contributed by atoms with Gasteiger partial charge in [0.1, 0.15) is 0 Å². The second-order valence-electron chi connectivity index (χ2n) is 3.63. The van der Waals surface area contributed by atoms with E-state index in [1.807, 2.05) is 31.2 Å². The van der Waals surface area contributed by atoms with E-state index in [2.05, 4.69) is 31.4 Å². The Bertz CT molecular complexity index is 574. The van der Waals surface area contributed by atoms with Crippen LogP contribution < -0.4 is 5.32 Å². The fraction of sp³-hybridized carbons (Fsp3) is 0.250. The van der Waals surface area contributed by atoms with Crippen molar-refractivity contribution in [2.45, 2.75) is 18.6 Å². The summed E-state index contributed by atoms with van der Waals surface area (Å²) < 4.78 is 6.16. The van der Waals surface area contributed by atoms with Gasteiger partial charge in [0.15, 0.2) is 0 Å². The topological polar surface area (TPSA) is 68.0 Å². The number of carbonyl (C=O) groups excluding carboxylic acids is 1. The first-order valence-corrected chi connectivity index (χ1v) is 7.46. The summed E-state index contributed by atoms with van der Waals surface area (Å²) in [4.78, 5) is 11.8. The third-order valence-corrected chi connectivity index (χ3v) is 3.74. The zero-order valence-electron chi connectivity index (χ0n) is 10.2. The zero-order chi connectivity index (χ0) is 13.7. The number of hydrogen-bond acceptors (Lipinski definition) is 5. The first-order valence-electron chi connectivity index (χ1n) is 5.68. The van der Waals surface area contributed by atoms with E-state index in [1.54, 1.807) is 0 Å². The van der Waals surface area contributed by atoms with E-state index in [9.17, 15) is 4.79 Å². The minimum atomic E-state index is -0.117. The number of aromatic nitrogens is 2. The Labute approximate surface area is 123 Å². The van der Waals surface area contributed by atoms with Crippen LogP contribution in [0.25, 0.3) is 0 Å². The molecule has 0 saturated heterocycles. The van der Waals surface area contributed by atoms with Gasteiger partial charge in [0, 0.05) is 10.9 Å². The molecule has 2 aromatic rings. The Hall–Kier alpha value is -1.34. The van der Waals surface area contributed by atoms with Crippen LogP contribution in [0.4, 0.5) is 5.69 Å². The second kappa shape index (κ2) is 6.72. The van der Waals surface area contributed by atoms with Crippen LogP contribution in [0.3, 0.4) is 0 Å². The van der Waals surface area contributed by atoms with E-state index < -0.39 is 0 Å². The Morgan fingerprint density at radius 3 is 2.89 bits per heavy atom. The van der Waals surface area contributed by atoms with E-state index >= 15 is 0 Å². The molecular weight excluding hydrogens is 330 g/mol. The van der Waals surface area contributed by atoms with Crippen molar-refractivity contribution in [1.29, 1.82) is 0 Å². The number of benzene rings is 1. The SMILES string of the molecule is CCc1nnc(SCC(=O)Nc2ccccc2Br)o1. The normalized spacial score (nSPS) is 10.4. The number of hydrogen-bond donors (Lipinski definition) is 1. The largest absolute Gasteiger partial charge is 0.416 e. The van der Waals surface area contributed by atoms with Gasteiger partial charge in [0.25, 0.3) is 5.22 Å². The molecule has 19 heavy (non-hydrogen) atoms. The molecule has 100 valence electrons. The molecule has 0 aliphatic rings. The second-order valence-corrected chi connectivity index (χ2v) is 5.41. The first-order chi connectivity index (χ1) is 9.19. The van der Waals surface area contributed by atoms with Crippen molar-refractivity contribution in [3.05, 3.63) is 34.6 Å². The molecule has 0 atom stereocenters. The molecular formula is C12H12BrN3O2S. The highest BCUT2D eigenvalue weighted by Gasteiger charge is 2.09. The highest BCUT2D eigenvalue weighted by molar-refractivity contribution is 9.10. The fourth-order valence-electron chi connectivity index (χ4n) is 1.32. The first kappa shape index (κ1) is 14.1. The highest BCUT2D eigenvalue weighted by Crippen LogP contribution is 2.22. The molecule has 0 saturated carbocycles. The van der Waals surface area contributed by atoms with Gasteiger partial charge in [-0.25, -0.2) is 0 Å². The van der Waals surface area contributed by atoms with E-state index in [4.69, 9.17) is 4.42 Å². The van der Waals surface area contributed by atoms with E-state index in [-0.39, 0.29) is 11.7 Å². The van der Waals surface area contributed by atoms with Gasteiger partial charge in [0.05, 0.1) is 11.4 Å². The summed E-state index contributed by atoms with van der Waals surface area (Å²) in [7, 11) is 0. The molecule has 1 aromatic carbocycles. The number of halogens is 1. The quantitative estimate of drug-likeness (QED) is 0.846. The summed E-state index contributed by atoms with van der Waals surface area (Å²) in [5.41, 5.74) is 0.743. The maximum atomic E-state index is 11.8. The standard InChI is InChI=1S/C12H12BrN3O2S/c1-2-11-15-16-12(18-11)19-7-10(17)14-9-6-4-3-5-8(9)13/h3-6H,2,7H2,1H3,(H,14,17). The number of para-hydroxylation sites is 1. The lowest BCUT2D eigenvalue weighted by Gasteiger charge is -2.05. The van der Waals surface area contributed by atoms with Gasteiger partial charge in [-0.3, -0.25) is 4.79 Å². The van der Waals surface area contributed by atoms with Crippen molar-refractivity contribution in [3.63, 3.8) is 0 Å². The Morgan fingerprint density at radius 2 is 2.21 bits per heavy atom. The molecule has 1 amide bonds. The summed E-state index contributed by atoms with van der Waals surface area (Å²) in [5.74, 6) is 0.689. The summed E-state index contributed by atoms with van der Waals surface area (Å²) in [6.45, 7) is 1.93. The number of anilines is 1. The van der Waals surface area contributed by atoms with E-state index in [0.29, 0.717) is 17.5 Å². The van der Waals surface area contributed by atoms with E-state index in [0.717, 1.165) is 10.2 Å². The smallest absolute Gasteiger partial charge is 0.277 e. The van der Waals surface area contributed by atoms with Crippen molar-refractivity contribution in [2.75, 3.05) is 11.1 Å². The molecule has 5 nitrogen and oxygen atoms in total. The summed E-state index contributed by atoms with van der Waals surface area (Å²) in [5, 5.41) is 10.9. The molecule has 0 aliphatic heterocycles. The Balaban J connectivity index is 1.86. The van der Waals surface area contributed by atoms with Crippen molar-refractivity contribution >= 4 is 39.3 Å². The van der Waals surface area contributed by atoms with Crippen molar-refractivity contribution in [1.82, 2.24) is 10.2 Å². The minimum absolute atomic E-state index is 0.117. The van der Waals surface area contributed by atoms with Crippen LogP contribution in [-0.4, -0.2) is 21.9 Å². The molecule has 0 fully saturated rings. The summed E-state index contributed by atoms with van der Waals surface area (Å²) in [6.07, 6.45) is 0.691. The lowest BCUT2D eigenvalue weighted by Crippen LogP contribution is -2.14. The fourth-order valence-corrected chi connectivity index (χ4v) is 2.28. The maximum absolute atomic E-state index is 11.8. The molecule has 0 radical (unpaired) electrons. The molecule has 1 N–H and O–H groups in total. The zero-order valence-corrected chi connectivity index (χ0v) is 12.6. The van der Waals surface area contributed by atoms with Crippen molar-refractivity contribution in [3.8, 4) is 0 Å². The van der Waals surface area contributed by atoms with Gasteiger partial charge < -0.3 is 9.73 Å². The van der Waals surface area contributed by atoms with Crippen molar-refractivity contribution < 1.29 is 9.21 Å². The van der Waals surface area contributed by atoms with Crippen LogP contribution in [0.2, 0.25) is 0 Å². The van der Waals surface area contributed by atoms with Crippen molar-refractivity contribution in [2.24, 2.45) is 0 Å². The third kappa shape index (κ3) is 4.07. The van der Waals surface area contributed by atoms with Gasteiger partial charge in [-0.2, -0.15) is 0 Å². The molecule has 0 spiro atoms. The number of aryl methyl sites for hydroxylation is 1. The number of nitrogens with zero attached hydrogens (tertiary/aromatic N) is 2. The highest BCUT2D eigenvalue weighted by atomic mass is 79.9. The van der Waals surface area contributed by atoms with Crippen LogP contribution in [0.1, 0.15) is 12.8 Å². The third-order valence-electron chi connectivity index (χ3n) is 2.23. The minimum Gasteiger partial charge on any atom is -0.416 e. The molecule has 1 aromatic heterocycles. The van der Waals surface area contributed by atoms with E-state index in [1.165, 1.54) is 11.8 Å². The number of thioether (sulfide) groups is 1. The van der Waals surface area contributed by atoms with Gasteiger partial charge in [0.2, 0.25) is 11.8 Å². The van der Waals surface area contributed by atoms with Crippen LogP contribution >= 0.6 is 27.7 Å². The van der Waals surface area contributed by atoms with Crippen LogP contribution in [0, 0.1) is 0 Å². The Morgan fingerprint density at radius 1 is 1.42 bits per heavy atom. The van der Waals surface area contributed by atoms with Gasteiger partial charge >= 0.3 is 0 Å². The van der Waals surface area contributed by atoms with Crippen LogP contribution in [-0.2, 0) is 11.2 Å². The lowest BCUT2D eigenvalue weighted by atomic mass is 10.3. The van der Waals surface area contributed by atoms with Crippen LogP contribution in [0.15, 0.2) is 38.4 Å². The average Bonchev–Trinajstić information content (AvgIpc) is 2.87.